The number of pyridine rings is 1. The Bertz CT molecular complexity index is 1110. The van der Waals surface area contributed by atoms with Gasteiger partial charge in [-0.2, -0.15) is 0 Å². The van der Waals surface area contributed by atoms with Crippen molar-refractivity contribution in [2.45, 2.75) is 6.42 Å². The molecule has 3 aromatic rings. The summed E-state index contributed by atoms with van der Waals surface area (Å²) in [6.07, 6.45) is 5.44. The van der Waals surface area contributed by atoms with E-state index in [1.807, 2.05) is 30.3 Å². The number of aromatic nitrogens is 1. The Morgan fingerprint density at radius 1 is 1.29 bits per heavy atom. The maximum absolute atomic E-state index is 12.6. The summed E-state index contributed by atoms with van der Waals surface area (Å²) < 4.78 is 6.23. The second kappa shape index (κ2) is 7.95. The van der Waals surface area contributed by atoms with E-state index in [2.05, 4.69) is 15.6 Å². The van der Waals surface area contributed by atoms with Gasteiger partial charge in [0, 0.05) is 30.4 Å². The number of nitrogens with zero attached hydrogens (tertiary/aromatic N) is 1. The normalized spacial score (nSPS) is 15.2. The summed E-state index contributed by atoms with van der Waals surface area (Å²) in [5, 5.41) is 6.14. The predicted molar refractivity (Wildman–Crippen MR) is 113 cm³/mol. The lowest BCUT2D eigenvalue weighted by Crippen LogP contribution is -2.25. The van der Waals surface area contributed by atoms with Gasteiger partial charge in [0.15, 0.2) is 5.58 Å². The van der Waals surface area contributed by atoms with Gasteiger partial charge in [0.25, 0.3) is 11.8 Å². The molecule has 2 N–H and O–H groups in total. The minimum Gasteiger partial charge on any atom is -0.456 e. The molecule has 2 aromatic heterocycles. The Morgan fingerprint density at radius 3 is 2.86 bits per heavy atom. The summed E-state index contributed by atoms with van der Waals surface area (Å²) in [6, 6.07) is 11.7. The molecule has 1 saturated heterocycles. The number of nitrogens with one attached hydrogen (secondary N) is 2. The third-order valence-electron chi connectivity index (χ3n) is 4.14. The van der Waals surface area contributed by atoms with E-state index in [1.54, 1.807) is 18.3 Å². The molecule has 0 saturated carbocycles. The SMILES string of the molecule is O=C1NC(=S)S/C1=C/c1cc2cncc(C(=O)NCCc3ccccc3)c2o1. The Morgan fingerprint density at radius 2 is 2.11 bits per heavy atom. The molecule has 3 heterocycles. The van der Waals surface area contributed by atoms with Crippen LogP contribution in [0.3, 0.4) is 0 Å². The monoisotopic (exact) mass is 409 g/mol. The Labute approximate surface area is 170 Å². The van der Waals surface area contributed by atoms with Gasteiger partial charge >= 0.3 is 0 Å². The number of hydrogen-bond acceptors (Lipinski definition) is 6. The fraction of sp³-hybridized carbons (Fsp3) is 0.100. The molecule has 0 unspecified atom stereocenters. The summed E-state index contributed by atoms with van der Waals surface area (Å²) in [4.78, 5) is 29.0. The summed E-state index contributed by atoms with van der Waals surface area (Å²) in [7, 11) is 0. The molecule has 0 radical (unpaired) electrons. The number of amides is 2. The second-order valence-electron chi connectivity index (χ2n) is 6.10. The van der Waals surface area contributed by atoms with Crippen molar-refractivity contribution in [3.05, 3.63) is 70.6 Å². The quantitative estimate of drug-likeness (QED) is 0.497. The highest BCUT2D eigenvalue weighted by atomic mass is 32.2. The summed E-state index contributed by atoms with van der Waals surface area (Å²) in [5.74, 6) is -0.0482. The number of hydrogen-bond donors (Lipinski definition) is 2. The molecule has 0 aliphatic carbocycles. The van der Waals surface area contributed by atoms with Crippen LogP contribution < -0.4 is 10.6 Å². The van der Waals surface area contributed by atoms with Gasteiger partial charge in [-0.15, -0.1) is 0 Å². The van der Waals surface area contributed by atoms with Crippen molar-refractivity contribution in [1.82, 2.24) is 15.6 Å². The Balaban J connectivity index is 1.52. The smallest absolute Gasteiger partial charge is 0.263 e. The third kappa shape index (κ3) is 3.97. The molecule has 1 aliphatic heterocycles. The molecule has 1 aliphatic rings. The molecule has 6 nitrogen and oxygen atoms in total. The topological polar surface area (TPSA) is 84.2 Å². The van der Waals surface area contributed by atoms with E-state index < -0.39 is 0 Å². The van der Waals surface area contributed by atoms with Gasteiger partial charge in [0.05, 0.1) is 4.91 Å². The number of thioether (sulfide) groups is 1. The molecule has 140 valence electrons. The average molecular weight is 409 g/mol. The molecular weight excluding hydrogens is 394 g/mol. The maximum Gasteiger partial charge on any atom is 0.263 e. The highest BCUT2D eigenvalue weighted by Crippen LogP contribution is 2.29. The maximum atomic E-state index is 12.6. The lowest BCUT2D eigenvalue weighted by Gasteiger charge is -2.05. The Kier molecular flexibility index (Phi) is 5.23. The van der Waals surface area contributed by atoms with E-state index in [4.69, 9.17) is 16.6 Å². The number of benzene rings is 1. The van der Waals surface area contributed by atoms with Crippen molar-refractivity contribution in [3.8, 4) is 0 Å². The van der Waals surface area contributed by atoms with Crippen LogP contribution in [0.15, 0.2) is 58.1 Å². The van der Waals surface area contributed by atoms with E-state index in [1.165, 1.54) is 18.0 Å². The Hall–Kier alpha value is -2.97. The van der Waals surface area contributed by atoms with Gasteiger partial charge in [0.1, 0.15) is 15.6 Å². The molecule has 28 heavy (non-hydrogen) atoms. The van der Waals surface area contributed by atoms with Crippen LogP contribution in [-0.2, 0) is 11.2 Å². The molecule has 1 fully saturated rings. The van der Waals surface area contributed by atoms with Gasteiger partial charge in [0.2, 0.25) is 0 Å². The number of fused-ring (bicyclic) bond motifs is 1. The minimum atomic E-state index is -0.257. The van der Waals surface area contributed by atoms with Crippen LogP contribution in [0.4, 0.5) is 0 Å². The lowest BCUT2D eigenvalue weighted by molar-refractivity contribution is -0.115. The largest absolute Gasteiger partial charge is 0.456 e. The summed E-state index contributed by atoms with van der Waals surface area (Å²) in [5.41, 5.74) is 1.94. The summed E-state index contributed by atoms with van der Waals surface area (Å²) >= 11 is 6.16. The van der Waals surface area contributed by atoms with E-state index in [0.29, 0.717) is 38.1 Å². The number of rotatable bonds is 5. The van der Waals surface area contributed by atoms with Crippen molar-refractivity contribution in [2.24, 2.45) is 0 Å². The zero-order valence-corrected chi connectivity index (χ0v) is 16.2. The van der Waals surface area contributed by atoms with Crippen LogP contribution in [0.5, 0.6) is 0 Å². The molecule has 0 bridgehead atoms. The predicted octanol–water partition coefficient (Wildman–Crippen LogP) is 3.29. The van der Waals surface area contributed by atoms with Gasteiger partial charge in [-0.05, 0) is 18.1 Å². The molecule has 1 aromatic carbocycles. The van der Waals surface area contributed by atoms with Gasteiger partial charge in [-0.1, -0.05) is 54.3 Å². The zero-order chi connectivity index (χ0) is 19.5. The number of carbonyl (C=O) groups excluding carboxylic acids is 2. The summed E-state index contributed by atoms with van der Waals surface area (Å²) in [6.45, 7) is 0.505. The first-order valence-corrected chi connectivity index (χ1v) is 9.77. The molecule has 2 amide bonds. The first kappa shape index (κ1) is 18.4. The van der Waals surface area contributed by atoms with Gasteiger partial charge < -0.3 is 15.1 Å². The molecular formula is C20H15N3O3S2. The van der Waals surface area contributed by atoms with Crippen LogP contribution in [-0.4, -0.2) is 27.7 Å². The molecule has 8 heteroatoms. The molecule has 0 atom stereocenters. The van der Waals surface area contributed by atoms with Crippen LogP contribution >= 0.6 is 24.0 Å². The minimum absolute atomic E-state index is 0.253. The first-order chi connectivity index (χ1) is 13.6. The van der Waals surface area contributed by atoms with Crippen LogP contribution in [0.25, 0.3) is 17.0 Å². The van der Waals surface area contributed by atoms with E-state index in [-0.39, 0.29) is 11.8 Å². The number of carbonyl (C=O) groups is 2. The average Bonchev–Trinajstić information content (AvgIpc) is 3.24. The fourth-order valence-electron chi connectivity index (χ4n) is 2.83. The first-order valence-electron chi connectivity index (χ1n) is 8.55. The molecule has 4 rings (SSSR count). The number of thiocarbonyl (C=S) groups is 1. The van der Waals surface area contributed by atoms with Crippen molar-refractivity contribution in [1.29, 1.82) is 0 Å². The van der Waals surface area contributed by atoms with Crippen molar-refractivity contribution < 1.29 is 14.0 Å². The highest BCUT2D eigenvalue weighted by molar-refractivity contribution is 8.26. The second-order valence-corrected chi connectivity index (χ2v) is 7.82. The van der Waals surface area contributed by atoms with Gasteiger partial charge in [-0.25, -0.2) is 0 Å². The van der Waals surface area contributed by atoms with E-state index in [9.17, 15) is 9.59 Å². The van der Waals surface area contributed by atoms with Gasteiger partial charge in [-0.3, -0.25) is 14.6 Å². The van der Waals surface area contributed by atoms with Crippen LogP contribution in [0, 0.1) is 0 Å². The van der Waals surface area contributed by atoms with Crippen molar-refractivity contribution in [3.63, 3.8) is 0 Å². The molecule has 0 spiro atoms. The lowest BCUT2D eigenvalue weighted by atomic mass is 10.1. The van der Waals surface area contributed by atoms with Crippen molar-refractivity contribution in [2.75, 3.05) is 6.54 Å². The zero-order valence-electron chi connectivity index (χ0n) is 14.6. The van der Waals surface area contributed by atoms with Crippen LogP contribution in [0.2, 0.25) is 0 Å². The van der Waals surface area contributed by atoms with Crippen molar-refractivity contribution >= 4 is 57.2 Å². The standard InChI is InChI=1S/C20H15N3O3S2/c24-18(22-7-6-12-4-2-1-3-5-12)15-11-21-10-13-8-14(26-17(13)15)9-16-19(25)23-20(27)28-16/h1-5,8-11H,6-7H2,(H,22,24)(H,23,25,27)/b16-9+. The van der Waals surface area contributed by atoms with E-state index in [0.717, 1.165) is 12.0 Å². The third-order valence-corrected chi connectivity index (χ3v) is 5.31. The fourth-order valence-corrected chi connectivity index (χ4v) is 3.85. The highest BCUT2D eigenvalue weighted by Gasteiger charge is 2.23. The van der Waals surface area contributed by atoms with E-state index >= 15 is 0 Å². The van der Waals surface area contributed by atoms with Crippen LogP contribution in [0.1, 0.15) is 21.7 Å². The number of furan rings is 1.